The lowest BCUT2D eigenvalue weighted by Crippen LogP contribution is -2.34. The standard InChI is InChI=1S/C14H15FN2O3S/c1-9(2-5-13(19)16-8-18)17-7-10-3-4-11(21-15)6-12(10)14(17)20/h3-4,6,8-9H,2,5,7H2,1H3,(H,16,18,19). The van der Waals surface area contributed by atoms with Crippen molar-refractivity contribution in [3.05, 3.63) is 29.3 Å². The van der Waals surface area contributed by atoms with Gasteiger partial charge in [-0.2, -0.15) is 3.89 Å². The summed E-state index contributed by atoms with van der Waals surface area (Å²) < 4.78 is 12.6. The molecule has 1 aliphatic heterocycles. The molecule has 0 fully saturated rings. The van der Waals surface area contributed by atoms with E-state index >= 15 is 0 Å². The van der Waals surface area contributed by atoms with Gasteiger partial charge < -0.3 is 4.90 Å². The zero-order valence-corrected chi connectivity index (χ0v) is 12.3. The molecular formula is C14H15FN2O3S. The van der Waals surface area contributed by atoms with Gasteiger partial charge in [0.05, 0.1) is 12.1 Å². The molecule has 1 N–H and O–H groups in total. The van der Waals surface area contributed by atoms with Crippen LogP contribution in [0.4, 0.5) is 3.89 Å². The SMILES string of the molecule is CC(CCC(=O)NC=O)N1Cc2ccc(SF)cc2C1=O. The largest absolute Gasteiger partial charge is 0.332 e. The first-order valence-corrected chi connectivity index (χ1v) is 7.24. The fourth-order valence-electron chi connectivity index (χ4n) is 2.34. The summed E-state index contributed by atoms with van der Waals surface area (Å²) in [5.74, 6) is -0.513. The van der Waals surface area contributed by atoms with Crippen LogP contribution in [-0.4, -0.2) is 29.2 Å². The lowest BCUT2D eigenvalue weighted by molar-refractivity contribution is -0.125. The monoisotopic (exact) mass is 310 g/mol. The van der Waals surface area contributed by atoms with Crippen LogP contribution < -0.4 is 5.32 Å². The third-order valence-electron chi connectivity index (χ3n) is 3.54. The van der Waals surface area contributed by atoms with Crippen molar-refractivity contribution in [1.29, 1.82) is 0 Å². The molecule has 1 aliphatic rings. The third kappa shape index (κ3) is 3.41. The highest BCUT2D eigenvalue weighted by atomic mass is 32.2. The second-order valence-electron chi connectivity index (χ2n) is 4.90. The molecule has 0 saturated carbocycles. The molecule has 0 radical (unpaired) electrons. The second kappa shape index (κ2) is 6.71. The van der Waals surface area contributed by atoms with E-state index in [0.717, 1.165) is 5.56 Å². The van der Waals surface area contributed by atoms with Crippen molar-refractivity contribution in [3.8, 4) is 0 Å². The Morgan fingerprint density at radius 3 is 3.00 bits per heavy atom. The zero-order valence-electron chi connectivity index (χ0n) is 11.5. The van der Waals surface area contributed by atoms with Gasteiger partial charge in [-0.1, -0.05) is 6.07 Å². The number of nitrogens with zero attached hydrogens (tertiary/aromatic N) is 1. The van der Waals surface area contributed by atoms with E-state index in [1.807, 2.05) is 6.92 Å². The van der Waals surface area contributed by atoms with Gasteiger partial charge in [0.2, 0.25) is 12.3 Å². The maximum absolute atomic E-state index is 12.6. The van der Waals surface area contributed by atoms with Crippen LogP contribution in [0.5, 0.6) is 0 Å². The molecule has 0 aromatic heterocycles. The summed E-state index contributed by atoms with van der Waals surface area (Å²) in [5, 5.41) is 2.07. The molecule has 2 rings (SSSR count). The maximum atomic E-state index is 12.6. The van der Waals surface area contributed by atoms with Crippen LogP contribution in [0.3, 0.4) is 0 Å². The van der Waals surface area contributed by atoms with Gasteiger partial charge in [0, 0.05) is 29.5 Å². The first kappa shape index (κ1) is 15.5. The number of hydrogen-bond acceptors (Lipinski definition) is 4. The summed E-state index contributed by atoms with van der Waals surface area (Å²) in [7, 11) is 0. The zero-order chi connectivity index (χ0) is 15.4. The summed E-state index contributed by atoms with van der Waals surface area (Å²) >= 11 is 0.109. The highest BCUT2D eigenvalue weighted by Crippen LogP contribution is 2.30. The molecule has 0 aliphatic carbocycles. The van der Waals surface area contributed by atoms with Gasteiger partial charge in [-0.15, -0.1) is 0 Å². The number of carbonyl (C=O) groups is 3. The first-order valence-electron chi connectivity index (χ1n) is 6.52. The van der Waals surface area contributed by atoms with Gasteiger partial charge in [0.1, 0.15) is 0 Å². The highest BCUT2D eigenvalue weighted by molar-refractivity contribution is 7.94. The molecular weight excluding hydrogens is 295 g/mol. The molecule has 1 unspecified atom stereocenters. The number of amides is 3. The Hall–Kier alpha value is -1.89. The molecule has 112 valence electrons. The van der Waals surface area contributed by atoms with Crippen LogP contribution in [0.15, 0.2) is 23.1 Å². The molecule has 1 aromatic rings. The molecule has 0 bridgehead atoms. The molecule has 21 heavy (non-hydrogen) atoms. The van der Waals surface area contributed by atoms with Crippen molar-refractivity contribution >= 4 is 30.4 Å². The van der Waals surface area contributed by atoms with Crippen molar-refractivity contribution in [1.82, 2.24) is 10.2 Å². The summed E-state index contributed by atoms with van der Waals surface area (Å²) in [6.45, 7) is 2.31. The Balaban J connectivity index is 2.01. The van der Waals surface area contributed by atoms with Gasteiger partial charge in [-0.3, -0.25) is 19.7 Å². The lowest BCUT2D eigenvalue weighted by atomic mass is 10.1. The number of hydrogen-bond donors (Lipinski definition) is 1. The first-order chi connectivity index (χ1) is 10.1. The number of halogens is 1. The van der Waals surface area contributed by atoms with E-state index in [-0.39, 0.29) is 36.4 Å². The number of fused-ring (bicyclic) bond motifs is 1. The van der Waals surface area contributed by atoms with Gasteiger partial charge in [0.25, 0.3) is 5.91 Å². The molecule has 1 heterocycles. The van der Waals surface area contributed by atoms with Gasteiger partial charge in [0.15, 0.2) is 0 Å². The molecule has 0 saturated heterocycles. The molecule has 1 atom stereocenters. The fourth-order valence-corrected chi connectivity index (χ4v) is 2.62. The van der Waals surface area contributed by atoms with Crippen LogP contribution in [-0.2, 0) is 16.1 Å². The van der Waals surface area contributed by atoms with E-state index in [2.05, 4.69) is 5.32 Å². The van der Waals surface area contributed by atoms with E-state index in [0.29, 0.717) is 29.8 Å². The number of nitrogens with one attached hydrogen (secondary N) is 1. The van der Waals surface area contributed by atoms with Crippen LogP contribution in [0.1, 0.15) is 35.7 Å². The second-order valence-corrected chi connectivity index (χ2v) is 5.53. The van der Waals surface area contributed by atoms with E-state index in [1.54, 1.807) is 23.1 Å². The number of imide groups is 1. The van der Waals surface area contributed by atoms with E-state index in [1.165, 1.54) is 0 Å². The Labute approximate surface area is 126 Å². The van der Waals surface area contributed by atoms with Crippen molar-refractivity contribution in [2.24, 2.45) is 0 Å². The Morgan fingerprint density at radius 1 is 1.57 bits per heavy atom. The predicted molar refractivity (Wildman–Crippen MR) is 76.2 cm³/mol. The van der Waals surface area contributed by atoms with E-state index in [9.17, 15) is 18.3 Å². The summed E-state index contributed by atoms with van der Waals surface area (Å²) in [6.07, 6.45) is 0.982. The van der Waals surface area contributed by atoms with E-state index in [4.69, 9.17) is 0 Å². The summed E-state index contributed by atoms with van der Waals surface area (Å²) in [6, 6.07) is 4.81. The Bertz CT molecular complexity index is 579. The summed E-state index contributed by atoms with van der Waals surface area (Å²) in [4.78, 5) is 35.8. The van der Waals surface area contributed by atoms with Crippen LogP contribution >= 0.6 is 12.1 Å². The maximum Gasteiger partial charge on any atom is 0.254 e. The quantitative estimate of drug-likeness (QED) is 0.817. The van der Waals surface area contributed by atoms with Crippen molar-refractivity contribution in [3.63, 3.8) is 0 Å². The fraction of sp³-hybridized carbons (Fsp3) is 0.357. The number of benzene rings is 1. The average molecular weight is 310 g/mol. The topological polar surface area (TPSA) is 66.5 Å². The molecule has 7 heteroatoms. The van der Waals surface area contributed by atoms with Crippen molar-refractivity contribution < 1.29 is 18.3 Å². The van der Waals surface area contributed by atoms with Crippen LogP contribution in [0.2, 0.25) is 0 Å². The highest BCUT2D eigenvalue weighted by Gasteiger charge is 2.31. The minimum atomic E-state index is -0.364. The molecule has 3 amide bonds. The molecule has 5 nitrogen and oxygen atoms in total. The Morgan fingerprint density at radius 2 is 2.33 bits per heavy atom. The van der Waals surface area contributed by atoms with Gasteiger partial charge >= 0.3 is 0 Å². The third-order valence-corrected chi connectivity index (χ3v) is 3.98. The van der Waals surface area contributed by atoms with Gasteiger partial charge in [-0.05, 0) is 31.0 Å². The summed E-state index contributed by atoms with van der Waals surface area (Å²) in [5.41, 5.74) is 1.38. The van der Waals surface area contributed by atoms with Crippen LogP contribution in [0.25, 0.3) is 0 Å². The van der Waals surface area contributed by atoms with Crippen LogP contribution in [0, 0.1) is 0 Å². The van der Waals surface area contributed by atoms with E-state index < -0.39 is 0 Å². The number of carbonyl (C=O) groups excluding carboxylic acids is 3. The Kier molecular flexibility index (Phi) is 4.95. The minimum absolute atomic E-state index is 0.109. The smallest absolute Gasteiger partial charge is 0.254 e. The van der Waals surface area contributed by atoms with Gasteiger partial charge in [-0.25, -0.2) is 0 Å². The minimum Gasteiger partial charge on any atom is -0.332 e. The lowest BCUT2D eigenvalue weighted by Gasteiger charge is -2.23. The molecule has 0 spiro atoms. The van der Waals surface area contributed by atoms with Crippen molar-refractivity contribution in [2.75, 3.05) is 0 Å². The van der Waals surface area contributed by atoms with Crippen molar-refractivity contribution in [2.45, 2.75) is 37.2 Å². The predicted octanol–water partition coefficient (Wildman–Crippen LogP) is 2.06. The normalized spacial score (nSPS) is 14.8. The molecule has 1 aromatic carbocycles. The number of rotatable bonds is 6. The average Bonchev–Trinajstić information content (AvgIpc) is 2.82.